The van der Waals surface area contributed by atoms with Crippen LogP contribution < -0.4 is 5.73 Å². The summed E-state index contributed by atoms with van der Waals surface area (Å²) in [6.45, 7) is 4.89. The lowest BCUT2D eigenvalue weighted by Gasteiger charge is -2.26. The van der Waals surface area contributed by atoms with Gasteiger partial charge in [0.2, 0.25) is 0 Å². The molecule has 0 radical (unpaired) electrons. The van der Waals surface area contributed by atoms with E-state index in [9.17, 15) is 0 Å². The number of hydrogen-bond donors (Lipinski definition) is 1. The Morgan fingerprint density at radius 2 is 2.16 bits per heavy atom. The third-order valence-corrected chi connectivity index (χ3v) is 3.42. The van der Waals surface area contributed by atoms with Crippen molar-refractivity contribution in [1.29, 1.82) is 0 Å². The molecule has 104 valence electrons. The molecular formula is C15H22N2O2. The Labute approximate surface area is 114 Å². The normalized spacial score (nSPS) is 13.3. The molecule has 1 unspecified atom stereocenters. The van der Waals surface area contributed by atoms with Gasteiger partial charge in [-0.05, 0) is 20.0 Å². The fourth-order valence-corrected chi connectivity index (χ4v) is 2.31. The monoisotopic (exact) mass is 262 g/mol. The molecule has 1 heterocycles. The summed E-state index contributed by atoms with van der Waals surface area (Å²) in [6, 6.07) is 8.21. The first-order valence-electron chi connectivity index (χ1n) is 6.72. The van der Waals surface area contributed by atoms with E-state index in [1.807, 2.05) is 31.4 Å². The number of furan rings is 1. The Hall–Kier alpha value is -1.36. The van der Waals surface area contributed by atoms with Crippen LogP contribution in [0.25, 0.3) is 11.0 Å². The van der Waals surface area contributed by atoms with Gasteiger partial charge in [0.1, 0.15) is 5.58 Å². The van der Waals surface area contributed by atoms with Crippen molar-refractivity contribution in [3.63, 3.8) is 0 Å². The molecule has 0 fully saturated rings. The molecule has 2 aromatic rings. The zero-order valence-corrected chi connectivity index (χ0v) is 11.6. The molecule has 1 atom stereocenters. The van der Waals surface area contributed by atoms with Crippen LogP contribution in [0.3, 0.4) is 0 Å². The molecule has 0 spiro atoms. The van der Waals surface area contributed by atoms with Crippen molar-refractivity contribution in [1.82, 2.24) is 4.90 Å². The molecule has 0 aliphatic carbocycles. The molecule has 19 heavy (non-hydrogen) atoms. The van der Waals surface area contributed by atoms with Gasteiger partial charge in [-0.2, -0.15) is 0 Å². The van der Waals surface area contributed by atoms with Crippen LogP contribution in [0.5, 0.6) is 0 Å². The maximum Gasteiger partial charge on any atom is 0.134 e. The number of rotatable bonds is 7. The highest BCUT2D eigenvalue weighted by atomic mass is 16.5. The second-order valence-electron chi connectivity index (χ2n) is 4.62. The minimum absolute atomic E-state index is 0.157. The first-order chi connectivity index (χ1) is 9.27. The van der Waals surface area contributed by atoms with Crippen molar-refractivity contribution in [3.8, 4) is 0 Å². The summed E-state index contributed by atoms with van der Waals surface area (Å²) in [7, 11) is 2.07. The largest absolute Gasteiger partial charge is 0.464 e. The van der Waals surface area contributed by atoms with Crippen molar-refractivity contribution >= 4 is 11.0 Å². The van der Waals surface area contributed by atoms with Gasteiger partial charge in [0.15, 0.2) is 0 Å². The van der Waals surface area contributed by atoms with Gasteiger partial charge < -0.3 is 14.9 Å². The van der Waals surface area contributed by atoms with Crippen LogP contribution in [-0.2, 0) is 4.74 Å². The lowest BCUT2D eigenvalue weighted by Crippen LogP contribution is -2.33. The molecule has 0 saturated heterocycles. The van der Waals surface area contributed by atoms with E-state index >= 15 is 0 Å². The van der Waals surface area contributed by atoms with Crippen LogP contribution in [0.15, 0.2) is 34.9 Å². The van der Waals surface area contributed by atoms with E-state index in [0.717, 1.165) is 36.3 Å². The summed E-state index contributed by atoms with van der Waals surface area (Å²) in [6.07, 6.45) is 1.82. The first kappa shape index (κ1) is 14.1. The molecule has 0 aliphatic rings. The maximum absolute atomic E-state index is 5.94. The molecular weight excluding hydrogens is 240 g/mol. The Bertz CT molecular complexity index is 510. The minimum atomic E-state index is 0.157. The van der Waals surface area contributed by atoms with E-state index in [1.54, 1.807) is 0 Å². The zero-order chi connectivity index (χ0) is 13.7. The van der Waals surface area contributed by atoms with E-state index in [0.29, 0.717) is 6.54 Å². The van der Waals surface area contributed by atoms with Gasteiger partial charge in [-0.15, -0.1) is 0 Å². The van der Waals surface area contributed by atoms with Gasteiger partial charge in [0, 0.05) is 30.6 Å². The summed E-state index contributed by atoms with van der Waals surface area (Å²) in [5.41, 5.74) is 8.00. The van der Waals surface area contributed by atoms with Crippen LogP contribution in [0.2, 0.25) is 0 Å². The Balaban J connectivity index is 2.16. The smallest absolute Gasteiger partial charge is 0.134 e. The van der Waals surface area contributed by atoms with E-state index in [1.165, 1.54) is 0 Å². The van der Waals surface area contributed by atoms with E-state index < -0.39 is 0 Å². The Morgan fingerprint density at radius 3 is 2.89 bits per heavy atom. The van der Waals surface area contributed by atoms with Gasteiger partial charge in [0.25, 0.3) is 0 Å². The highest BCUT2D eigenvalue weighted by Crippen LogP contribution is 2.28. The Kier molecular flexibility index (Phi) is 4.96. The van der Waals surface area contributed by atoms with Crippen LogP contribution in [0, 0.1) is 0 Å². The van der Waals surface area contributed by atoms with E-state index in [2.05, 4.69) is 18.0 Å². The van der Waals surface area contributed by atoms with Gasteiger partial charge in [-0.3, -0.25) is 4.90 Å². The average molecular weight is 262 g/mol. The number of ether oxygens (including phenoxy) is 1. The van der Waals surface area contributed by atoms with Gasteiger partial charge in [-0.25, -0.2) is 0 Å². The topological polar surface area (TPSA) is 51.6 Å². The molecule has 1 aromatic carbocycles. The molecule has 4 heteroatoms. The minimum Gasteiger partial charge on any atom is -0.464 e. The van der Waals surface area contributed by atoms with Crippen molar-refractivity contribution < 1.29 is 9.15 Å². The van der Waals surface area contributed by atoms with Gasteiger partial charge >= 0.3 is 0 Å². The molecule has 1 aromatic heterocycles. The molecule has 0 bridgehead atoms. The molecule has 0 amide bonds. The summed E-state index contributed by atoms with van der Waals surface area (Å²) in [5.74, 6) is 0. The summed E-state index contributed by atoms with van der Waals surface area (Å²) < 4.78 is 11.0. The fourth-order valence-electron chi connectivity index (χ4n) is 2.31. The number of para-hydroxylation sites is 1. The van der Waals surface area contributed by atoms with Crippen molar-refractivity contribution in [2.75, 3.05) is 33.4 Å². The summed E-state index contributed by atoms with van der Waals surface area (Å²) in [4.78, 5) is 2.22. The van der Waals surface area contributed by atoms with Crippen molar-refractivity contribution in [2.45, 2.75) is 13.0 Å². The number of benzene rings is 1. The Morgan fingerprint density at radius 1 is 1.37 bits per heavy atom. The number of fused-ring (bicyclic) bond motifs is 1. The van der Waals surface area contributed by atoms with Crippen LogP contribution in [0.4, 0.5) is 0 Å². The highest BCUT2D eigenvalue weighted by Gasteiger charge is 2.19. The van der Waals surface area contributed by atoms with E-state index in [4.69, 9.17) is 14.9 Å². The standard InChI is InChI=1S/C15H22N2O2/c1-3-18-9-8-17(2)14(10-16)13-11-19-15-7-5-4-6-12(13)15/h4-7,11,14H,3,8-10,16H2,1-2H3. The lowest BCUT2D eigenvalue weighted by atomic mass is 10.0. The quantitative estimate of drug-likeness (QED) is 0.778. The number of nitrogens with two attached hydrogens (primary N) is 1. The summed E-state index contributed by atoms with van der Waals surface area (Å²) in [5, 5.41) is 1.14. The molecule has 0 saturated carbocycles. The number of nitrogens with zero attached hydrogens (tertiary/aromatic N) is 1. The zero-order valence-electron chi connectivity index (χ0n) is 11.6. The predicted octanol–water partition coefficient (Wildman–Crippen LogP) is 2.40. The maximum atomic E-state index is 5.94. The second-order valence-corrected chi connectivity index (χ2v) is 4.62. The SMILES string of the molecule is CCOCCN(C)C(CN)c1coc2ccccc12. The van der Waals surface area contributed by atoms with Crippen molar-refractivity contribution in [2.24, 2.45) is 5.73 Å². The van der Waals surface area contributed by atoms with Crippen LogP contribution >= 0.6 is 0 Å². The molecule has 0 aliphatic heterocycles. The summed E-state index contributed by atoms with van der Waals surface area (Å²) >= 11 is 0. The predicted molar refractivity (Wildman–Crippen MR) is 77.1 cm³/mol. The highest BCUT2D eigenvalue weighted by molar-refractivity contribution is 5.81. The van der Waals surface area contributed by atoms with Gasteiger partial charge in [0.05, 0.1) is 18.9 Å². The molecule has 4 nitrogen and oxygen atoms in total. The van der Waals surface area contributed by atoms with E-state index in [-0.39, 0.29) is 6.04 Å². The average Bonchev–Trinajstić information content (AvgIpc) is 2.84. The lowest BCUT2D eigenvalue weighted by molar-refractivity contribution is 0.108. The second kappa shape index (κ2) is 6.70. The molecule has 2 N–H and O–H groups in total. The van der Waals surface area contributed by atoms with Crippen LogP contribution in [0.1, 0.15) is 18.5 Å². The number of likely N-dealkylation sites (N-methyl/N-ethyl adjacent to an activating group) is 1. The van der Waals surface area contributed by atoms with Crippen molar-refractivity contribution in [3.05, 3.63) is 36.1 Å². The fraction of sp³-hybridized carbons (Fsp3) is 0.467. The third kappa shape index (κ3) is 3.15. The van der Waals surface area contributed by atoms with Gasteiger partial charge in [-0.1, -0.05) is 18.2 Å². The molecule has 2 rings (SSSR count). The number of hydrogen-bond acceptors (Lipinski definition) is 4. The first-order valence-corrected chi connectivity index (χ1v) is 6.72. The third-order valence-electron chi connectivity index (χ3n) is 3.42. The van der Waals surface area contributed by atoms with Crippen LogP contribution in [-0.4, -0.2) is 38.3 Å².